The molecule has 0 saturated heterocycles. The highest BCUT2D eigenvalue weighted by atomic mass is 28.3. The molecule has 2 heterocycles. The molecule has 3 rings (SSSR count). The van der Waals surface area contributed by atoms with E-state index >= 15 is 0 Å². The van der Waals surface area contributed by atoms with Gasteiger partial charge in [0.25, 0.3) is 5.56 Å². The van der Waals surface area contributed by atoms with Gasteiger partial charge < -0.3 is 20.4 Å². The fraction of sp³-hybridized carbons (Fsp3) is 0.452. The first kappa shape index (κ1) is 35.4. The number of rotatable bonds is 11. The largest absolute Gasteiger partial charge is 0.398 e. The van der Waals surface area contributed by atoms with Crippen LogP contribution in [0.3, 0.4) is 0 Å². The lowest BCUT2D eigenvalue weighted by Crippen LogP contribution is -2.67. The molecule has 0 aliphatic carbocycles. The van der Waals surface area contributed by atoms with Crippen molar-refractivity contribution in [2.75, 3.05) is 5.32 Å². The SMILES string of the molecule is CC(C)C(NC(=O)Cn1c(-c2ccccc2)ncc(NC(=O)NCc2ccncc2)c1=O)(O[SiH](C)C)C(C(C)(C)C)C(F)(F)F. The summed E-state index contributed by atoms with van der Waals surface area (Å²) in [5.41, 5.74) is -3.19. The maximum atomic E-state index is 14.8. The first-order valence-corrected chi connectivity index (χ1v) is 17.4. The van der Waals surface area contributed by atoms with Crippen molar-refractivity contribution in [2.45, 2.75) is 72.7 Å². The van der Waals surface area contributed by atoms with Crippen LogP contribution in [0.1, 0.15) is 40.2 Å². The van der Waals surface area contributed by atoms with Crippen LogP contribution in [0, 0.1) is 17.3 Å². The first-order valence-electron chi connectivity index (χ1n) is 14.6. The van der Waals surface area contributed by atoms with Crippen molar-refractivity contribution in [1.29, 1.82) is 0 Å². The molecule has 0 aliphatic heterocycles. The van der Waals surface area contributed by atoms with E-state index in [2.05, 4.69) is 25.9 Å². The van der Waals surface area contributed by atoms with Crippen LogP contribution in [0.4, 0.5) is 23.7 Å². The monoisotopic (exact) mass is 646 g/mol. The van der Waals surface area contributed by atoms with Gasteiger partial charge in [-0.1, -0.05) is 65.0 Å². The topological polar surface area (TPSA) is 127 Å². The number of aromatic nitrogens is 3. The van der Waals surface area contributed by atoms with Crippen LogP contribution in [-0.2, 0) is 22.3 Å². The lowest BCUT2D eigenvalue weighted by atomic mass is 9.70. The number of benzene rings is 1. The maximum absolute atomic E-state index is 14.8. The smallest absolute Gasteiger partial charge is 0.396 e. The molecule has 0 aliphatic rings. The van der Waals surface area contributed by atoms with E-state index in [4.69, 9.17) is 4.43 Å². The molecule has 1 aromatic carbocycles. The number of nitrogens with zero attached hydrogens (tertiary/aromatic N) is 3. The number of alkyl halides is 3. The van der Waals surface area contributed by atoms with Gasteiger partial charge in [-0.3, -0.25) is 19.1 Å². The van der Waals surface area contributed by atoms with Crippen molar-refractivity contribution in [3.8, 4) is 11.4 Å². The molecule has 10 nitrogen and oxygen atoms in total. The second kappa shape index (κ2) is 14.4. The summed E-state index contributed by atoms with van der Waals surface area (Å²) in [7, 11) is -2.17. The molecule has 2 aromatic heterocycles. The molecular formula is C31H41F3N6O4Si. The minimum Gasteiger partial charge on any atom is -0.398 e. The quantitative estimate of drug-likeness (QED) is 0.191. The van der Waals surface area contributed by atoms with Gasteiger partial charge in [0.15, 0.2) is 9.04 Å². The van der Waals surface area contributed by atoms with Crippen molar-refractivity contribution in [3.63, 3.8) is 0 Å². The molecule has 0 bridgehead atoms. The van der Waals surface area contributed by atoms with E-state index in [0.717, 1.165) is 10.1 Å². The predicted octanol–water partition coefficient (Wildman–Crippen LogP) is 5.32. The summed E-state index contributed by atoms with van der Waals surface area (Å²) in [6.07, 6.45) is -0.395. The molecule has 0 radical (unpaired) electrons. The van der Waals surface area contributed by atoms with Gasteiger partial charge in [-0.25, -0.2) is 9.78 Å². The average Bonchev–Trinajstić information content (AvgIpc) is 2.93. The zero-order valence-corrected chi connectivity index (χ0v) is 27.7. The summed E-state index contributed by atoms with van der Waals surface area (Å²) < 4.78 is 51.4. The number of amides is 3. The van der Waals surface area contributed by atoms with Crippen molar-refractivity contribution in [2.24, 2.45) is 17.3 Å². The molecular weight excluding hydrogens is 605 g/mol. The number of anilines is 1. The Kier molecular flexibility index (Phi) is 11.3. The highest BCUT2D eigenvalue weighted by molar-refractivity contribution is 6.48. The van der Waals surface area contributed by atoms with Gasteiger partial charge in [-0.05, 0) is 36.2 Å². The van der Waals surface area contributed by atoms with Gasteiger partial charge in [0.05, 0.1) is 6.20 Å². The summed E-state index contributed by atoms with van der Waals surface area (Å²) in [4.78, 5) is 48.4. The molecule has 3 N–H and O–H groups in total. The van der Waals surface area contributed by atoms with Crippen LogP contribution in [0.25, 0.3) is 11.4 Å². The molecule has 0 fully saturated rings. The third kappa shape index (κ3) is 9.00. The van der Waals surface area contributed by atoms with Crippen LogP contribution in [-0.4, -0.2) is 47.4 Å². The van der Waals surface area contributed by atoms with E-state index in [1.807, 2.05) is 0 Å². The third-order valence-electron chi connectivity index (χ3n) is 7.08. The number of hydrogen-bond donors (Lipinski definition) is 3. The van der Waals surface area contributed by atoms with Crippen molar-refractivity contribution >= 4 is 26.7 Å². The fourth-order valence-electron chi connectivity index (χ4n) is 5.34. The molecule has 2 atom stereocenters. The molecule has 3 aromatic rings. The average molecular weight is 647 g/mol. The van der Waals surface area contributed by atoms with E-state index in [1.54, 1.807) is 81.8 Å². The van der Waals surface area contributed by atoms with Gasteiger partial charge in [0.2, 0.25) is 5.91 Å². The Hall–Kier alpha value is -4.04. The minimum absolute atomic E-state index is 0.0935. The van der Waals surface area contributed by atoms with Crippen molar-refractivity contribution < 1.29 is 27.2 Å². The van der Waals surface area contributed by atoms with Crippen molar-refractivity contribution in [1.82, 2.24) is 25.2 Å². The highest BCUT2D eigenvalue weighted by Gasteiger charge is 2.61. The molecule has 0 saturated carbocycles. The van der Waals surface area contributed by atoms with E-state index in [0.29, 0.717) is 5.56 Å². The Balaban J connectivity index is 2.03. The summed E-state index contributed by atoms with van der Waals surface area (Å²) in [5.74, 6) is -3.65. The molecule has 244 valence electrons. The van der Waals surface area contributed by atoms with Crippen LogP contribution < -0.4 is 21.5 Å². The van der Waals surface area contributed by atoms with Crippen LogP contribution in [0.5, 0.6) is 0 Å². The van der Waals surface area contributed by atoms with Gasteiger partial charge in [0, 0.05) is 30.4 Å². The molecule has 2 unspecified atom stereocenters. The second-order valence-corrected chi connectivity index (χ2v) is 14.8. The minimum atomic E-state index is -4.72. The number of nitrogens with one attached hydrogen (secondary N) is 3. The lowest BCUT2D eigenvalue weighted by molar-refractivity contribution is -0.265. The number of carbonyl (C=O) groups excluding carboxylic acids is 2. The van der Waals surface area contributed by atoms with Crippen LogP contribution in [0.15, 0.2) is 65.8 Å². The maximum Gasteiger partial charge on any atom is 0.396 e. The Bertz CT molecular complexity index is 1500. The van der Waals surface area contributed by atoms with E-state index in [1.165, 1.54) is 27.0 Å². The van der Waals surface area contributed by atoms with Gasteiger partial charge in [-0.15, -0.1) is 0 Å². The summed E-state index contributed by atoms with van der Waals surface area (Å²) in [5, 5.41) is 7.68. The fourth-order valence-corrected chi connectivity index (χ4v) is 6.59. The van der Waals surface area contributed by atoms with E-state index < -0.39 is 62.2 Å². The molecule has 14 heteroatoms. The number of urea groups is 1. The normalized spacial score (nSPS) is 14.1. The summed E-state index contributed by atoms with van der Waals surface area (Å²) in [6.45, 7) is 10.4. The summed E-state index contributed by atoms with van der Waals surface area (Å²) >= 11 is 0. The molecule has 45 heavy (non-hydrogen) atoms. The Morgan fingerprint density at radius 1 is 1.02 bits per heavy atom. The Morgan fingerprint density at radius 2 is 1.64 bits per heavy atom. The zero-order valence-electron chi connectivity index (χ0n) is 26.5. The van der Waals surface area contributed by atoms with Gasteiger partial charge in [-0.2, -0.15) is 13.2 Å². The zero-order chi connectivity index (χ0) is 33.6. The highest BCUT2D eigenvalue weighted by Crippen LogP contribution is 2.49. The van der Waals surface area contributed by atoms with Crippen LogP contribution >= 0.6 is 0 Å². The van der Waals surface area contributed by atoms with Gasteiger partial charge >= 0.3 is 12.2 Å². The van der Waals surface area contributed by atoms with Crippen molar-refractivity contribution in [3.05, 3.63) is 77.0 Å². The predicted molar refractivity (Wildman–Crippen MR) is 169 cm³/mol. The Morgan fingerprint density at radius 3 is 2.18 bits per heavy atom. The number of hydrogen-bond acceptors (Lipinski definition) is 6. The van der Waals surface area contributed by atoms with Crippen LogP contribution in [0.2, 0.25) is 13.1 Å². The lowest BCUT2D eigenvalue weighted by Gasteiger charge is -2.51. The Labute approximate surface area is 262 Å². The number of carbonyl (C=O) groups is 2. The first-order chi connectivity index (χ1) is 21.0. The molecule has 0 spiro atoms. The molecule has 3 amide bonds. The van der Waals surface area contributed by atoms with Gasteiger partial charge in [0.1, 0.15) is 29.7 Å². The number of pyridine rings is 1. The summed E-state index contributed by atoms with van der Waals surface area (Å²) in [6, 6.07) is 11.3. The standard InChI is InChI=1S/C31H41F3N6O4Si/c1-20(2)30(44-45(6)7,27(29(3,4)5)31(32,33)34)39-24(41)19-40-25(22-11-9-8-10-12-22)36-18-23(26(40)42)38-28(43)37-17-21-13-15-35-16-14-21/h8-16,18,20,27,45H,17,19H2,1-7H3,(H,39,41)(H2,37,38,43). The third-order valence-corrected chi connectivity index (χ3v) is 7.94. The van der Waals surface area contributed by atoms with E-state index in [9.17, 15) is 27.6 Å². The second-order valence-electron chi connectivity index (χ2n) is 12.4. The number of halogens is 3. The van der Waals surface area contributed by atoms with E-state index in [-0.39, 0.29) is 18.1 Å².